The van der Waals surface area contributed by atoms with Crippen molar-refractivity contribution < 1.29 is 4.79 Å². The molecular weight excluding hydrogens is 222 g/mol. The SMILES string of the molecule is O=C(CC1CCCc2ccccc21)C1CCNC1. The van der Waals surface area contributed by atoms with Gasteiger partial charge in [0.25, 0.3) is 0 Å². The highest BCUT2D eigenvalue weighted by Crippen LogP contribution is 2.34. The molecule has 1 aliphatic heterocycles. The number of hydrogen-bond acceptors (Lipinski definition) is 2. The van der Waals surface area contributed by atoms with Gasteiger partial charge in [0.05, 0.1) is 0 Å². The topological polar surface area (TPSA) is 29.1 Å². The van der Waals surface area contributed by atoms with Gasteiger partial charge >= 0.3 is 0 Å². The number of fused-ring (bicyclic) bond motifs is 1. The quantitative estimate of drug-likeness (QED) is 0.884. The van der Waals surface area contributed by atoms with Gasteiger partial charge in [0.15, 0.2) is 0 Å². The van der Waals surface area contributed by atoms with Crippen molar-refractivity contribution in [2.24, 2.45) is 5.92 Å². The zero-order valence-corrected chi connectivity index (χ0v) is 10.8. The summed E-state index contributed by atoms with van der Waals surface area (Å²) in [5.74, 6) is 1.23. The number of aryl methyl sites for hydroxylation is 1. The van der Waals surface area contributed by atoms with Crippen LogP contribution in [0.3, 0.4) is 0 Å². The molecule has 96 valence electrons. The molecule has 1 aromatic carbocycles. The number of ketones is 1. The van der Waals surface area contributed by atoms with E-state index in [-0.39, 0.29) is 5.92 Å². The van der Waals surface area contributed by atoms with Crippen LogP contribution in [0.4, 0.5) is 0 Å². The maximum Gasteiger partial charge on any atom is 0.137 e. The molecule has 2 heteroatoms. The van der Waals surface area contributed by atoms with E-state index >= 15 is 0 Å². The second kappa shape index (κ2) is 5.23. The molecule has 1 aliphatic carbocycles. The summed E-state index contributed by atoms with van der Waals surface area (Å²) in [5, 5.41) is 3.29. The lowest BCUT2D eigenvalue weighted by Crippen LogP contribution is -2.21. The molecule has 3 rings (SSSR count). The van der Waals surface area contributed by atoms with Crippen molar-refractivity contribution in [3.8, 4) is 0 Å². The maximum absolute atomic E-state index is 12.3. The van der Waals surface area contributed by atoms with E-state index in [0.29, 0.717) is 11.7 Å². The molecular formula is C16H21NO. The molecule has 0 aromatic heterocycles. The van der Waals surface area contributed by atoms with Crippen LogP contribution < -0.4 is 5.32 Å². The van der Waals surface area contributed by atoms with E-state index in [2.05, 4.69) is 29.6 Å². The van der Waals surface area contributed by atoms with E-state index in [0.717, 1.165) is 25.9 Å². The number of Topliss-reactive ketones (excluding diaryl/α,β-unsaturated/α-hetero) is 1. The molecule has 2 aliphatic rings. The molecule has 1 fully saturated rings. The van der Waals surface area contributed by atoms with E-state index in [1.165, 1.54) is 30.4 Å². The molecule has 0 saturated carbocycles. The van der Waals surface area contributed by atoms with E-state index in [4.69, 9.17) is 0 Å². The molecule has 0 amide bonds. The Morgan fingerprint density at radius 1 is 1.28 bits per heavy atom. The fourth-order valence-electron chi connectivity index (χ4n) is 3.41. The number of carbonyl (C=O) groups excluding carboxylic acids is 1. The third-order valence-corrected chi connectivity index (χ3v) is 4.46. The number of rotatable bonds is 3. The Balaban J connectivity index is 1.72. The molecule has 2 nitrogen and oxygen atoms in total. The van der Waals surface area contributed by atoms with Gasteiger partial charge in [-0.25, -0.2) is 0 Å². The molecule has 1 saturated heterocycles. The lowest BCUT2D eigenvalue weighted by atomic mass is 9.79. The summed E-state index contributed by atoms with van der Waals surface area (Å²) in [5.41, 5.74) is 2.90. The van der Waals surface area contributed by atoms with Crippen molar-refractivity contribution in [1.82, 2.24) is 5.32 Å². The summed E-state index contributed by atoms with van der Waals surface area (Å²) in [6, 6.07) is 8.67. The summed E-state index contributed by atoms with van der Waals surface area (Å²) in [7, 11) is 0. The molecule has 0 bridgehead atoms. The van der Waals surface area contributed by atoms with Crippen LogP contribution in [-0.2, 0) is 11.2 Å². The fourth-order valence-corrected chi connectivity index (χ4v) is 3.41. The first-order valence-corrected chi connectivity index (χ1v) is 7.16. The number of carbonyl (C=O) groups is 1. The Hall–Kier alpha value is -1.15. The Morgan fingerprint density at radius 2 is 2.17 bits per heavy atom. The van der Waals surface area contributed by atoms with Gasteiger partial charge < -0.3 is 5.32 Å². The Labute approximate surface area is 109 Å². The predicted molar refractivity (Wildman–Crippen MR) is 72.7 cm³/mol. The van der Waals surface area contributed by atoms with Crippen molar-refractivity contribution in [1.29, 1.82) is 0 Å². The number of hydrogen-bond donors (Lipinski definition) is 1. The van der Waals surface area contributed by atoms with Gasteiger partial charge in [-0.15, -0.1) is 0 Å². The summed E-state index contributed by atoms with van der Waals surface area (Å²) < 4.78 is 0. The normalized spacial score (nSPS) is 26.9. The van der Waals surface area contributed by atoms with Crippen LogP contribution in [0.2, 0.25) is 0 Å². The fraction of sp³-hybridized carbons (Fsp3) is 0.562. The zero-order chi connectivity index (χ0) is 12.4. The highest BCUT2D eigenvalue weighted by atomic mass is 16.1. The van der Waals surface area contributed by atoms with Crippen LogP contribution in [-0.4, -0.2) is 18.9 Å². The molecule has 1 aromatic rings. The summed E-state index contributed by atoms with van der Waals surface area (Å²) in [6.07, 6.45) is 5.39. The standard InChI is InChI=1S/C16H21NO/c18-16(14-8-9-17-11-14)10-13-6-3-5-12-4-1-2-7-15(12)13/h1-2,4,7,13-14,17H,3,5-6,8-11H2. The van der Waals surface area contributed by atoms with Crippen molar-refractivity contribution >= 4 is 5.78 Å². The maximum atomic E-state index is 12.3. The lowest BCUT2D eigenvalue weighted by molar-refractivity contribution is -0.122. The molecule has 1 heterocycles. The smallest absolute Gasteiger partial charge is 0.137 e. The highest BCUT2D eigenvalue weighted by molar-refractivity contribution is 5.82. The van der Waals surface area contributed by atoms with Gasteiger partial charge in [-0.1, -0.05) is 24.3 Å². The van der Waals surface area contributed by atoms with Crippen LogP contribution in [0.1, 0.15) is 42.7 Å². The number of nitrogens with one attached hydrogen (secondary N) is 1. The molecule has 1 N–H and O–H groups in total. The Kier molecular flexibility index (Phi) is 3.46. The zero-order valence-electron chi connectivity index (χ0n) is 10.8. The average Bonchev–Trinajstić information content (AvgIpc) is 2.93. The van der Waals surface area contributed by atoms with Gasteiger partial charge in [-0.05, 0) is 49.3 Å². The monoisotopic (exact) mass is 243 g/mol. The summed E-state index contributed by atoms with van der Waals surface area (Å²) in [6.45, 7) is 1.91. The first kappa shape index (κ1) is 11.9. The molecule has 2 atom stereocenters. The lowest BCUT2D eigenvalue weighted by Gasteiger charge is -2.25. The van der Waals surface area contributed by atoms with Gasteiger partial charge in [-0.3, -0.25) is 4.79 Å². The van der Waals surface area contributed by atoms with Crippen LogP contribution in [0.25, 0.3) is 0 Å². The van der Waals surface area contributed by atoms with Gasteiger partial charge in [0, 0.05) is 18.9 Å². The first-order valence-electron chi connectivity index (χ1n) is 7.16. The van der Waals surface area contributed by atoms with E-state index in [1.807, 2.05) is 0 Å². The van der Waals surface area contributed by atoms with Gasteiger partial charge in [-0.2, -0.15) is 0 Å². The molecule has 2 unspecified atom stereocenters. The van der Waals surface area contributed by atoms with Crippen molar-refractivity contribution in [3.63, 3.8) is 0 Å². The third kappa shape index (κ3) is 2.35. The first-order chi connectivity index (χ1) is 8.84. The van der Waals surface area contributed by atoms with Crippen LogP contribution >= 0.6 is 0 Å². The molecule has 0 radical (unpaired) electrons. The second-order valence-corrected chi connectivity index (χ2v) is 5.65. The van der Waals surface area contributed by atoms with Crippen molar-refractivity contribution in [2.45, 2.75) is 38.0 Å². The van der Waals surface area contributed by atoms with E-state index in [9.17, 15) is 4.79 Å². The third-order valence-electron chi connectivity index (χ3n) is 4.46. The van der Waals surface area contributed by atoms with E-state index in [1.54, 1.807) is 0 Å². The van der Waals surface area contributed by atoms with Crippen molar-refractivity contribution in [2.75, 3.05) is 13.1 Å². The largest absolute Gasteiger partial charge is 0.316 e. The number of benzene rings is 1. The van der Waals surface area contributed by atoms with Gasteiger partial charge in [0.1, 0.15) is 5.78 Å². The Morgan fingerprint density at radius 3 is 3.00 bits per heavy atom. The Bertz CT molecular complexity index is 434. The van der Waals surface area contributed by atoms with Crippen molar-refractivity contribution in [3.05, 3.63) is 35.4 Å². The second-order valence-electron chi connectivity index (χ2n) is 5.65. The summed E-state index contributed by atoms with van der Waals surface area (Å²) in [4.78, 5) is 12.3. The summed E-state index contributed by atoms with van der Waals surface area (Å²) >= 11 is 0. The molecule has 0 spiro atoms. The van der Waals surface area contributed by atoms with Crippen LogP contribution in [0.15, 0.2) is 24.3 Å². The minimum atomic E-state index is 0.277. The minimum Gasteiger partial charge on any atom is -0.316 e. The predicted octanol–water partition coefficient (Wildman–Crippen LogP) is 2.68. The highest BCUT2D eigenvalue weighted by Gasteiger charge is 2.27. The van der Waals surface area contributed by atoms with Crippen LogP contribution in [0.5, 0.6) is 0 Å². The van der Waals surface area contributed by atoms with Gasteiger partial charge in [0.2, 0.25) is 0 Å². The van der Waals surface area contributed by atoms with Crippen LogP contribution in [0, 0.1) is 5.92 Å². The molecule has 18 heavy (non-hydrogen) atoms. The average molecular weight is 243 g/mol. The van der Waals surface area contributed by atoms with E-state index < -0.39 is 0 Å². The minimum absolute atomic E-state index is 0.277.